The van der Waals surface area contributed by atoms with Gasteiger partial charge in [0, 0.05) is 0 Å². The Kier molecular flexibility index (Phi) is 3.42. The van der Waals surface area contributed by atoms with Gasteiger partial charge in [-0.15, -0.1) is 11.6 Å². The van der Waals surface area contributed by atoms with E-state index >= 15 is 0 Å². The van der Waals surface area contributed by atoms with Gasteiger partial charge in [0.2, 0.25) is 5.88 Å². The molecule has 2 heterocycles. The van der Waals surface area contributed by atoms with Crippen molar-refractivity contribution in [2.45, 2.75) is 5.88 Å². The molecule has 0 spiro atoms. The molecular weight excluding hydrogens is 302 g/mol. The lowest BCUT2D eigenvalue weighted by molar-refractivity contribution is 0.401. The maximum Gasteiger partial charge on any atom is 0.245 e. The Bertz CT molecular complexity index is 821. The van der Waals surface area contributed by atoms with E-state index in [2.05, 4.69) is 15.0 Å². The molecule has 21 heavy (non-hydrogen) atoms. The zero-order valence-corrected chi connectivity index (χ0v) is 11.6. The van der Waals surface area contributed by atoms with Crippen molar-refractivity contribution in [3.63, 3.8) is 0 Å². The largest absolute Gasteiger partial charge is 0.479 e. The summed E-state index contributed by atoms with van der Waals surface area (Å²) >= 11 is 5.85. The van der Waals surface area contributed by atoms with E-state index in [-0.39, 0.29) is 17.4 Å². The zero-order chi connectivity index (χ0) is 15.0. The molecule has 0 atom stereocenters. The fourth-order valence-corrected chi connectivity index (χ4v) is 2.25. The Hall–Kier alpha value is -2.28. The quantitative estimate of drug-likeness (QED) is 0.698. The molecule has 0 amide bonds. The highest BCUT2D eigenvalue weighted by Gasteiger charge is 2.20. The van der Waals surface area contributed by atoms with Crippen LogP contribution in [0.4, 0.5) is 8.78 Å². The summed E-state index contributed by atoms with van der Waals surface area (Å²) in [5.41, 5.74) is 0.607. The summed E-state index contributed by atoms with van der Waals surface area (Å²) in [6.45, 7) is 0. The van der Waals surface area contributed by atoms with Crippen LogP contribution in [-0.2, 0) is 5.88 Å². The van der Waals surface area contributed by atoms with Gasteiger partial charge in [0.15, 0.2) is 22.8 Å². The summed E-state index contributed by atoms with van der Waals surface area (Å²) in [6, 6.07) is 3.86. The molecule has 0 aliphatic rings. The molecule has 0 bridgehead atoms. The van der Waals surface area contributed by atoms with Gasteiger partial charge >= 0.3 is 0 Å². The lowest BCUT2D eigenvalue weighted by Gasteiger charge is -2.08. The molecule has 0 radical (unpaired) electrons. The van der Waals surface area contributed by atoms with Crippen molar-refractivity contribution in [3.8, 4) is 11.6 Å². The fourth-order valence-electron chi connectivity index (χ4n) is 2.07. The molecular formula is C13H9ClF2N4O. The van der Waals surface area contributed by atoms with Gasteiger partial charge in [-0.1, -0.05) is 6.07 Å². The number of benzene rings is 1. The number of ether oxygens (including phenoxy) is 1. The summed E-state index contributed by atoms with van der Waals surface area (Å²) in [7, 11) is 1.43. The van der Waals surface area contributed by atoms with Crippen LogP contribution in [0.5, 0.6) is 5.88 Å². The van der Waals surface area contributed by atoms with Crippen LogP contribution in [0.1, 0.15) is 5.82 Å². The summed E-state index contributed by atoms with van der Waals surface area (Å²) < 4.78 is 33.9. The minimum absolute atomic E-state index is 0.00450. The number of halogens is 3. The molecule has 0 N–H and O–H groups in total. The molecule has 108 valence electrons. The minimum Gasteiger partial charge on any atom is -0.479 e. The van der Waals surface area contributed by atoms with Crippen molar-refractivity contribution in [2.75, 3.05) is 7.11 Å². The third-order valence-electron chi connectivity index (χ3n) is 2.97. The third kappa shape index (κ3) is 2.09. The second kappa shape index (κ2) is 5.25. The van der Waals surface area contributed by atoms with Gasteiger partial charge < -0.3 is 4.74 Å². The molecule has 0 unspecified atom stereocenters. The van der Waals surface area contributed by atoms with Crippen molar-refractivity contribution in [1.82, 2.24) is 19.5 Å². The van der Waals surface area contributed by atoms with E-state index in [1.807, 2.05) is 0 Å². The van der Waals surface area contributed by atoms with Gasteiger partial charge in [0.25, 0.3) is 0 Å². The van der Waals surface area contributed by atoms with Crippen LogP contribution in [0.25, 0.3) is 16.9 Å². The standard InChI is InChI=1S/C13H9ClF2N4O/c1-21-13-11-12(17-6-18-13)20(9(5-14)19-11)8-4-2-3-7(15)10(8)16/h2-4,6H,5H2,1H3. The number of aromatic nitrogens is 4. The molecule has 0 saturated heterocycles. The third-order valence-corrected chi connectivity index (χ3v) is 3.20. The summed E-state index contributed by atoms with van der Waals surface area (Å²) in [4.78, 5) is 12.2. The fraction of sp³-hybridized carbons (Fsp3) is 0.154. The maximum atomic E-state index is 14.1. The molecule has 0 saturated carbocycles. The van der Waals surface area contributed by atoms with E-state index in [9.17, 15) is 8.78 Å². The summed E-state index contributed by atoms with van der Waals surface area (Å²) in [5.74, 6) is -1.41. The molecule has 2 aromatic heterocycles. The second-order valence-corrected chi connectivity index (χ2v) is 4.39. The van der Waals surface area contributed by atoms with Crippen LogP contribution in [0, 0.1) is 11.6 Å². The van der Waals surface area contributed by atoms with Gasteiger partial charge in [-0.3, -0.25) is 4.57 Å². The lowest BCUT2D eigenvalue weighted by atomic mass is 10.3. The van der Waals surface area contributed by atoms with Crippen molar-refractivity contribution in [1.29, 1.82) is 0 Å². The highest BCUT2D eigenvalue weighted by atomic mass is 35.5. The van der Waals surface area contributed by atoms with E-state index in [1.54, 1.807) is 0 Å². The lowest BCUT2D eigenvalue weighted by Crippen LogP contribution is -2.04. The molecule has 5 nitrogen and oxygen atoms in total. The topological polar surface area (TPSA) is 52.8 Å². The summed E-state index contributed by atoms with van der Waals surface area (Å²) in [6.07, 6.45) is 1.26. The van der Waals surface area contributed by atoms with E-state index < -0.39 is 11.6 Å². The molecule has 0 aliphatic carbocycles. The number of fused-ring (bicyclic) bond motifs is 1. The first-order chi connectivity index (χ1) is 10.2. The highest BCUT2D eigenvalue weighted by Crippen LogP contribution is 2.27. The molecule has 1 aromatic carbocycles. The van der Waals surface area contributed by atoms with Crippen LogP contribution in [0.3, 0.4) is 0 Å². The first-order valence-electron chi connectivity index (χ1n) is 5.94. The minimum atomic E-state index is -0.999. The molecule has 0 aliphatic heterocycles. The average Bonchev–Trinajstić information content (AvgIpc) is 2.88. The van der Waals surface area contributed by atoms with Gasteiger partial charge in [0.1, 0.15) is 12.2 Å². The smallest absolute Gasteiger partial charge is 0.245 e. The van der Waals surface area contributed by atoms with Crippen molar-refractivity contribution in [3.05, 3.63) is 42.0 Å². The van der Waals surface area contributed by atoms with Crippen molar-refractivity contribution in [2.24, 2.45) is 0 Å². The SMILES string of the molecule is COc1ncnc2c1nc(CCl)n2-c1cccc(F)c1F. The van der Waals surface area contributed by atoms with Crippen LogP contribution in [0.15, 0.2) is 24.5 Å². The first-order valence-corrected chi connectivity index (χ1v) is 6.47. The van der Waals surface area contributed by atoms with E-state index in [0.717, 1.165) is 6.07 Å². The predicted molar refractivity (Wildman–Crippen MR) is 72.7 cm³/mol. The Morgan fingerprint density at radius 1 is 1.29 bits per heavy atom. The molecule has 0 fully saturated rings. The van der Waals surface area contributed by atoms with Crippen molar-refractivity contribution >= 4 is 22.8 Å². The first kappa shape index (κ1) is 13.7. The number of methoxy groups -OCH3 is 1. The van der Waals surface area contributed by atoms with Crippen LogP contribution in [-0.4, -0.2) is 26.6 Å². The maximum absolute atomic E-state index is 14.1. The number of hydrogen-bond acceptors (Lipinski definition) is 4. The van der Waals surface area contributed by atoms with Gasteiger partial charge in [-0.25, -0.2) is 18.7 Å². The van der Waals surface area contributed by atoms with Crippen LogP contribution >= 0.6 is 11.6 Å². The Balaban J connectivity index is 2.38. The number of nitrogens with zero attached hydrogens (tertiary/aromatic N) is 4. The van der Waals surface area contributed by atoms with Gasteiger partial charge in [0.05, 0.1) is 18.7 Å². The van der Waals surface area contributed by atoms with Gasteiger partial charge in [-0.05, 0) is 12.1 Å². The molecule has 3 aromatic rings. The predicted octanol–water partition coefficient (Wildman–Crippen LogP) is 2.84. The van der Waals surface area contributed by atoms with Crippen LogP contribution < -0.4 is 4.74 Å². The number of rotatable bonds is 3. The highest BCUT2D eigenvalue weighted by molar-refractivity contribution is 6.17. The van der Waals surface area contributed by atoms with E-state index in [0.29, 0.717) is 17.0 Å². The average molecular weight is 311 g/mol. The summed E-state index contributed by atoms with van der Waals surface area (Å²) in [5, 5.41) is 0. The molecule has 8 heteroatoms. The number of alkyl halides is 1. The Labute approximate surface area is 123 Å². The van der Waals surface area contributed by atoms with E-state index in [4.69, 9.17) is 16.3 Å². The zero-order valence-electron chi connectivity index (χ0n) is 10.8. The molecule has 3 rings (SSSR count). The second-order valence-electron chi connectivity index (χ2n) is 4.13. The Morgan fingerprint density at radius 2 is 2.10 bits per heavy atom. The number of hydrogen-bond donors (Lipinski definition) is 0. The van der Waals surface area contributed by atoms with E-state index in [1.165, 1.54) is 30.1 Å². The normalized spacial score (nSPS) is 11.0. The monoisotopic (exact) mass is 310 g/mol. The van der Waals surface area contributed by atoms with Gasteiger partial charge in [-0.2, -0.15) is 4.98 Å². The Morgan fingerprint density at radius 3 is 2.81 bits per heavy atom. The van der Waals surface area contributed by atoms with Crippen LogP contribution in [0.2, 0.25) is 0 Å². The van der Waals surface area contributed by atoms with Crippen molar-refractivity contribution < 1.29 is 13.5 Å². The number of imidazole rings is 1.